The van der Waals surface area contributed by atoms with Crippen molar-refractivity contribution in [2.75, 3.05) is 6.54 Å². The number of halogens is 1. The van der Waals surface area contributed by atoms with Gasteiger partial charge in [-0.05, 0) is 55.3 Å². The third kappa shape index (κ3) is 4.80. The molecule has 3 unspecified atom stereocenters. The first kappa shape index (κ1) is 22.2. The zero-order valence-corrected chi connectivity index (χ0v) is 17.5. The van der Waals surface area contributed by atoms with Crippen molar-refractivity contribution in [2.45, 2.75) is 50.0 Å². The molecule has 0 aromatic heterocycles. The van der Waals surface area contributed by atoms with Gasteiger partial charge in [-0.1, -0.05) is 19.1 Å². The second-order valence-corrected chi connectivity index (χ2v) is 9.01. The summed E-state index contributed by atoms with van der Waals surface area (Å²) in [5.41, 5.74) is 0.769. The molecule has 1 saturated heterocycles. The van der Waals surface area contributed by atoms with Crippen molar-refractivity contribution in [3.63, 3.8) is 0 Å². The molecule has 30 heavy (non-hydrogen) atoms. The van der Waals surface area contributed by atoms with Crippen molar-refractivity contribution >= 4 is 16.0 Å². The third-order valence-electron chi connectivity index (χ3n) is 5.00. The summed E-state index contributed by atoms with van der Waals surface area (Å²) >= 11 is 0. The number of carboxylic acid groups (broad SMARTS) is 1. The molecule has 0 aliphatic carbocycles. The molecule has 0 amide bonds. The number of carbonyl (C=O) groups is 1. The normalized spacial score (nSPS) is 22.6. The van der Waals surface area contributed by atoms with Crippen LogP contribution in [-0.4, -0.2) is 48.6 Å². The van der Waals surface area contributed by atoms with Gasteiger partial charge in [0.2, 0.25) is 10.0 Å². The summed E-state index contributed by atoms with van der Waals surface area (Å²) in [6.07, 6.45) is -0.572. The van der Waals surface area contributed by atoms with Crippen molar-refractivity contribution in [2.24, 2.45) is 0 Å². The molecule has 0 saturated carbocycles. The number of carboxylic acids is 1. The molecule has 1 heterocycles. The second-order valence-electron chi connectivity index (χ2n) is 7.12. The summed E-state index contributed by atoms with van der Waals surface area (Å²) in [5.74, 6) is -1.15. The lowest BCUT2D eigenvalue weighted by Gasteiger charge is -2.40. The van der Waals surface area contributed by atoms with E-state index in [0.29, 0.717) is 12.2 Å². The van der Waals surface area contributed by atoms with E-state index in [1.807, 2.05) is 6.92 Å². The molecule has 0 bridgehead atoms. The van der Waals surface area contributed by atoms with E-state index >= 15 is 0 Å². The monoisotopic (exact) mass is 437 g/mol. The van der Waals surface area contributed by atoms with Gasteiger partial charge in [0, 0.05) is 6.54 Å². The minimum absolute atomic E-state index is 0.0214. The molecule has 162 valence electrons. The summed E-state index contributed by atoms with van der Waals surface area (Å²) in [5, 5.41) is 9.56. The summed E-state index contributed by atoms with van der Waals surface area (Å²) in [4.78, 5) is 11.7. The van der Waals surface area contributed by atoms with E-state index in [0.717, 1.165) is 9.87 Å². The molecular formula is C21H24FNO6S. The average molecular weight is 437 g/mol. The lowest BCUT2D eigenvalue weighted by molar-refractivity contribution is -0.156. The van der Waals surface area contributed by atoms with Crippen molar-refractivity contribution in [3.8, 4) is 5.75 Å². The Labute approximate surface area is 175 Å². The van der Waals surface area contributed by atoms with Gasteiger partial charge in [0.05, 0.1) is 17.1 Å². The highest BCUT2D eigenvalue weighted by Crippen LogP contribution is 2.28. The molecule has 0 radical (unpaired) electrons. The fourth-order valence-electron chi connectivity index (χ4n) is 3.36. The fraction of sp³-hybridized carbons (Fsp3) is 0.381. The molecule has 0 spiro atoms. The summed E-state index contributed by atoms with van der Waals surface area (Å²) < 4.78 is 51.5. The Balaban J connectivity index is 1.77. The van der Waals surface area contributed by atoms with Crippen LogP contribution in [0, 0.1) is 5.82 Å². The maximum atomic E-state index is 13.2. The van der Waals surface area contributed by atoms with Crippen molar-refractivity contribution < 1.29 is 32.2 Å². The molecule has 3 rings (SSSR count). The van der Waals surface area contributed by atoms with Crippen LogP contribution >= 0.6 is 0 Å². The molecule has 9 heteroatoms. The number of hydrogen-bond donors (Lipinski definition) is 1. The highest BCUT2D eigenvalue weighted by Gasteiger charge is 2.45. The van der Waals surface area contributed by atoms with Crippen molar-refractivity contribution in [1.82, 2.24) is 4.31 Å². The van der Waals surface area contributed by atoms with E-state index in [1.54, 1.807) is 19.1 Å². The van der Waals surface area contributed by atoms with Crippen LogP contribution in [0.2, 0.25) is 0 Å². The molecule has 2 aromatic carbocycles. The first-order chi connectivity index (χ1) is 14.2. The maximum absolute atomic E-state index is 13.2. The van der Waals surface area contributed by atoms with E-state index in [2.05, 4.69) is 0 Å². The Morgan fingerprint density at radius 1 is 1.20 bits per heavy atom. The molecule has 1 fully saturated rings. The van der Waals surface area contributed by atoms with E-state index in [4.69, 9.17) is 9.47 Å². The van der Waals surface area contributed by atoms with Gasteiger partial charge in [0.1, 0.15) is 24.2 Å². The maximum Gasteiger partial charge on any atom is 0.324 e. The van der Waals surface area contributed by atoms with E-state index in [1.165, 1.54) is 36.4 Å². The molecule has 7 nitrogen and oxygen atoms in total. The molecule has 3 atom stereocenters. The van der Waals surface area contributed by atoms with Crippen LogP contribution in [0.15, 0.2) is 53.4 Å². The first-order valence-corrected chi connectivity index (χ1v) is 11.0. The van der Waals surface area contributed by atoms with Crippen LogP contribution in [0.4, 0.5) is 4.39 Å². The number of aliphatic carboxylic acids is 1. The van der Waals surface area contributed by atoms with Crippen molar-refractivity contribution in [3.05, 3.63) is 59.9 Å². The minimum Gasteiger partial charge on any atom is -0.489 e. The molecule has 1 aliphatic rings. The van der Waals surface area contributed by atoms with Crippen LogP contribution in [0.25, 0.3) is 0 Å². The highest BCUT2D eigenvalue weighted by molar-refractivity contribution is 7.89. The SMILES string of the molecule is CCC1CN(S(=O)(=O)c2ccc(OCc3ccc(F)cc3)cc2)C(C(=O)O)C(C)O1. The molecular weight excluding hydrogens is 413 g/mol. The Kier molecular flexibility index (Phi) is 6.74. The predicted molar refractivity (Wildman–Crippen MR) is 107 cm³/mol. The molecule has 1 N–H and O–H groups in total. The average Bonchev–Trinajstić information content (AvgIpc) is 2.72. The quantitative estimate of drug-likeness (QED) is 0.716. The van der Waals surface area contributed by atoms with Gasteiger partial charge in [-0.2, -0.15) is 4.31 Å². The standard InChI is InChI=1S/C21H24FNO6S/c1-3-17-12-23(20(21(24)25)14(2)29-17)30(26,27)19-10-8-18(9-11-19)28-13-15-4-6-16(22)7-5-15/h4-11,14,17,20H,3,12-13H2,1-2H3,(H,24,25). The van der Waals surface area contributed by atoms with Crippen LogP contribution in [0.3, 0.4) is 0 Å². The summed E-state index contributed by atoms with van der Waals surface area (Å²) in [7, 11) is -4.05. The molecule has 2 aromatic rings. The summed E-state index contributed by atoms with van der Waals surface area (Å²) in [6.45, 7) is 3.60. The molecule has 1 aliphatic heterocycles. The fourth-order valence-corrected chi connectivity index (χ4v) is 5.03. The topological polar surface area (TPSA) is 93.1 Å². The Hall–Kier alpha value is -2.49. The smallest absolute Gasteiger partial charge is 0.324 e. The minimum atomic E-state index is -4.05. The first-order valence-electron chi connectivity index (χ1n) is 9.59. The van der Waals surface area contributed by atoms with Gasteiger partial charge in [-0.3, -0.25) is 4.79 Å². The number of sulfonamides is 1. The number of morpholine rings is 1. The lowest BCUT2D eigenvalue weighted by Crippen LogP contribution is -2.59. The van der Waals surface area contributed by atoms with Crippen LogP contribution in [0.1, 0.15) is 25.8 Å². The van der Waals surface area contributed by atoms with Gasteiger partial charge in [-0.25, -0.2) is 12.8 Å². The number of rotatable bonds is 7. The van der Waals surface area contributed by atoms with E-state index < -0.39 is 28.1 Å². The van der Waals surface area contributed by atoms with Gasteiger partial charge in [-0.15, -0.1) is 0 Å². The van der Waals surface area contributed by atoms with Gasteiger partial charge in [0.25, 0.3) is 0 Å². The van der Waals surface area contributed by atoms with Gasteiger partial charge in [0.15, 0.2) is 0 Å². The highest BCUT2D eigenvalue weighted by atomic mass is 32.2. The zero-order valence-electron chi connectivity index (χ0n) is 16.7. The van der Waals surface area contributed by atoms with E-state index in [9.17, 15) is 22.7 Å². The zero-order chi connectivity index (χ0) is 21.9. The largest absolute Gasteiger partial charge is 0.489 e. The Morgan fingerprint density at radius 3 is 2.40 bits per heavy atom. The Bertz CT molecular complexity index is 978. The number of hydrogen-bond acceptors (Lipinski definition) is 5. The second kappa shape index (κ2) is 9.11. The van der Waals surface area contributed by atoms with Crippen LogP contribution in [0.5, 0.6) is 5.75 Å². The van der Waals surface area contributed by atoms with Gasteiger partial charge >= 0.3 is 5.97 Å². The lowest BCUT2D eigenvalue weighted by atomic mass is 10.1. The third-order valence-corrected chi connectivity index (χ3v) is 6.86. The number of ether oxygens (including phenoxy) is 2. The van der Waals surface area contributed by atoms with Gasteiger partial charge < -0.3 is 14.6 Å². The summed E-state index contributed by atoms with van der Waals surface area (Å²) in [6, 6.07) is 10.4. The van der Waals surface area contributed by atoms with Crippen LogP contribution in [-0.2, 0) is 26.2 Å². The Morgan fingerprint density at radius 2 is 1.83 bits per heavy atom. The van der Waals surface area contributed by atoms with E-state index in [-0.39, 0.29) is 30.0 Å². The van der Waals surface area contributed by atoms with Crippen LogP contribution < -0.4 is 4.74 Å². The predicted octanol–water partition coefficient (Wildman–Crippen LogP) is 3.05. The number of benzene rings is 2. The van der Waals surface area contributed by atoms with Crippen molar-refractivity contribution in [1.29, 1.82) is 0 Å². The number of nitrogens with zero attached hydrogens (tertiary/aromatic N) is 1.